The number of hydrogen-bond acceptors (Lipinski definition) is 5. The molecule has 1 heterocycles. The van der Waals surface area contributed by atoms with Crippen LogP contribution in [0.5, 0.6) is 0 Å². The molecule has 0 bridgehead atoms. The van der Waals surface area contributed by atoms with Crippen LogP contribution in [-0.2, 0) is 16.0 Å². The van der Waals surface area contributed by atoms with Gasteiger partial charge in [-0.1, -0.05) is 6.92 Å². The Balaban J connectivity index is 2.69. The summed E-state index contributed by atoms with van der Waals surface area (Å²) >= 11 is 0. The second kappa shape index (κ2) is 9.72. The molecule has 0 amide bonds. The molecular formula is C14H25N3O2. The molecule has 1 rings (SSSR count). The minimum absolute atomic E-state index is 0.683. The van der Waals surface area contributed by atoms with Crippen molar-refractivity contribution in [1.82, 2.24) is 10.3 Å². The molecule has 0 aliphatic heterocycles. The fourth-order valence-corrected chi connectivity index (χ4v) is 1.76. The van der Waals surface area contributed by atoms with Crippen LogP contribution in [0.4, 0.5) is 5.82 Å². The van der Waals surface area contributed by atoms with Crippen LogP contribution in [0.1, 0.15) is 12.5 Å². The smallest absolute Gasteiger partial charge is 0.128 e. The van der Waals surface area contributed by atoms with E-state index >= 15 is 0 Å². The molecular weight excluding hydrogens is 242 g/mol. The molecule has 5 heteroatoms. The fraction of sp³-hybridized carbons (Fsp3) is 0.643. The van der Waals surface area contributed by atoms with Gasteiger partial charge in [0.05, 0.1) is 13.2 Å². The third-order valence-corrected chi connectivity index (χ3v) is 2.84. The quantitative estimate of drug-likeness (QED) is 0.692. The van der Waals surface area contributed by atoms with E-state index in [2.05, 4.69) is 28.2 Å². The Morgan fingerprint density at radius 3 is 2.47 bits per heavy atom. The Morgan fingerprint density at radius 1 is 1.21 bits per heavy atom. The molecule has 0 unspecified atom stereocenters. The minimum Gasteiger partial charge on any atom is -0.383 e. The molecule has 0 aliphatic carbocycles. The molecule has 0 aromatic carbocycles. The highest BCUT2D eigenvalue weighted by atomic mass is 16.5. The van der Waals surface area contributed by atoms with E-state index in [1.165, 1.54) is 5.56 Å². The summed E-state index contributed by atoms with van der Waals surface area (Å²) in [6.07, 6.45) is 1.86. The Hall–Kier alpha value is -1.17. The fourth-order valence-electron chi connectivity index (χ4n) is 1.76. The van der Waals surface area contributed by atoms with E-state index in [4.69, 9.17) is 9.47 Å². The van der Waals surface area contributed by atoms with Gasteiger partial charge >= 0.3 is 0 Å². The van der Waals surface area contributed by atoms with Gasteiger partial charge in [-0.3, -0.25) is 0 Å². The zero-order chi connectivity index (χ0) is 13.9. The zero-order valence-electron chi connectivity index (χ0n) is 12.2. The molecule has 5 nitrogen and oxygen atoms in total. The number of aromatic nitrogens is 1. The molecule has 19 heavy (non-hydrogen) atoms. The van der Waals surface area contributed by atoms with Gasteiger partial charge in [-0.05, 0) is 24.2 Å². The van der Waals surface area contributed by atoms with Gasteiger partial charge in [0.15, 0.2) is 0 Å². The number of methoxy groups -OCH3 is 2. The summed E-state index contributed by atoms with van der Waals surface area (Å²) in [4.78, 5) is 6.62. The molecule has 0 aliphatic rings. The molecule has 0 saturated heterocycles. The predicted octanol–water partition coefficient (Wildman–Crippen LogP) is 1.29. The number of ether oxygens (including phenoxy) is 2. The van der Waals surface area contributed by atoms with Gasteiger partial charge in [-0.15, -0.1) is 0 Å². The first kappa shape index (κ1) is 15.9. The summed E-state index contributed by atoms with van der Waals surface area (Å²) in [5.41, 5.74) is 1.24. The number of anilines is 1. The van der Waals surface area contributed by atoms with Crippen LogP contribution < -0.4 is 10.2 Å². The Morgan fingerprint density at radius 2 is 1.89 bits per heavy atom. The average Bonchev–Trinajstić information content (AvgIpc) is 2.45. The number of nitrogens with zero attached hydrogens (tertiary/aromatic N) is 2. The van der Waals surface area contributed by atoms with Gasteiger partial charge in [0.1, 0.15) is 5.82 Å². The maximum absolute atomic E-state index is 5.15. The first-order chi connectivity index (χ1) is 9.31. The van der Waals surface area contributed by atoms with Crippen molar-refractivity contribution in [3.8, 4) is 0 Å². The van der Waals surface area contributed by atoms with E-state index in [9.17, 15) is 0 Å². The van der Waals surface area contributed by atoms with Gasteiger partial charge in [0, 0.05) is 40.1 Å². The highest BCUT2D eigenvalue weighted by Crippen LogP contribution is 2.12. The maximum atomic E-state index is 5.15. The van der Waals surface area contributed by atoms with Crippen molar-refractivity contribution in [2.24, 2.45) is 0 Å². The third-order valence-electron chi connectivity index (χ3n) is 2.84. The Labute approximate surface area is 115 Å². The lowest BCUT2D eigenvalue weighted by Crippen LogP contribution is -2.31. The highest BCUT2D eigenvalue weighted by Gasteiger charge is 2.08. The molecule has 1 N–H and O–H groups in total. The predicted molar refractivity (Wildman–Crippen MR) is 77.6 cm³/mol. The second-order valence-electron chi connectivity index (χ2n) is 4.28. The topological polar surface area (TPSA) is 46.6 Å². The summed E-state index contributed by atoms with van der Waals surface area (Å²) < 4.78 is 10.3. The van der Waals surface area contributed by atoms with Crippen LogP contribution in [0, 0.1) is 0 Å². The molecule has 0 fully saturated rings. The molecule has 0 spiro atoms. The van der Waals surface area contributed by atoms with Crippen molar-refractivity contribution in [2.75, 3.05) is 52.0 Å². The van der Waals surface area contributed by atoms with Crippen LogP contribution in [0.15, 0.2) is 18.3 Å². The summed E-state index contributed by atoms with van der Waals surface area (Å²) in [5.74, 6) is 0.976. The number of nitrogens with one attached hydrogen (secondary N) is 1. The summed E-state index contributed by atoms with van der Waals surface area (Å²) in [7, 11) is 3.42. The molecule has 1 aromatic heterocycles. The standard InChI is InChI=1S/C14H25N3O2/c1-4-15-12-13-5-6-16-14(11-13)17(7-9-18-2)8-10-19-3/h5-6,11,15H,4,7-10,12H2,1-3H3. The van der Waals surface area contributed by atoms with E-state index in [0.717, 1.165) is 32.0 Å². The van der Waals surface area contributed by atoms with Crippen LogP contribution in [-0.4, -0.2) is 52.1 Å². The van der Waals surface area contributed by atoms with Crippen LogP contribution in [0.3, 0.4) is 0 Å². The molecule has 0 radical (unpaired) electrons. The van der Waals surface area contributed by atoms with E-state index in [-0.39, 0.29) is 0 Å². The third kappa shape index (κ3) is 6.00. The first-order valence-corrected chi connectivity index (χ1v) is 6.70. The van der Waals surface area contributed by atoms with Crippen molar-refractivity contribution in [3.05, 3.63) is 23.9 Å². The second-order valence-corrected chi connectivity index (χ2v) is 4.28. The number of pyridine rings is 1. The van der Waals surface area contributed by atoms with Crippen LogP contribution in [0.2, 0.25) is 0 Å². The summed E-state index contributed by atoms with van der Waals surface area (Å²) in [5, 5.41) is 3.32. The minimum atomic E-state index is 0.683. The zero-order valence-corrected chi connectivity index (χ0v) is 12.2. The summed E-state index contributed by atoms with van der Waals surface area (Å²) in [6, 6.07) is 4.16. The number of rotatable bonds is 10. The number of hydrogen-bond donors (Lipinski definition) is 1. The van der Waals surface area contributed by atoms with Crippen molar-refractivity contribution in [3.63, 3.8) is 0 Å². The van der Waals surface area contributed by atoms with Crippen molar-refractivity contribution < 1.29 is 9.47 Å². The lowest BCUT2D eigenvalue weighted by Gasteiger charge is -2.23. The largest absolute Gasteiger partial charge is 0.383 e. The van der Waals surface area contributed by atoms with E-state index < -0.39 is 0 Å². The van der Waals surface area contributed by atoms with Gasteiger partial charge in [-0.2, -0.15) is 0 Å². The van der Waals surface area contributed by atoms with Gasteiger partial charge in [-0.25, -0.2) is 4.98 Å². The van der Waals surface area contributed by atoms with Crippen molar-refractivity contribution in [1.29, 1.82) is 0 Å². The molecule has 0 atom stereocenters. The van der Waals surface area contributed by atoms with E-state index in [1.54, 1.807) is 14.2 Å². The normalized spacial score (nSPS) is 10.7. The molecule has 108 valence electrons. The molecule has 1 aromatic rings. The van der Waals surface area contributed by atoms with Crippen molar-refractivity contribution >= 4 is 5.82 Å². The SMILES string of the molecule is CCNCc1ccnc(N(CCOC)CCOC)c1. The first-order valence-electron chi connectivity index (χ1n) is 6.70. The van der Waals surface area contributed by atoms with Crippen LogP contribution >= 0.6 is 0 Å². The van der Waals surface area contributed by atoms with Crippen molar-refractivity contribution in [2.45, 2.75) is 13.5 Å². The average molecular weight is 267 g/mol. The lowest BCUT2D eigenvalue weighted by molar-refractivity contribution is 0.190. The molecule has 0 saturated carbocycles. The van der Waals surface area contributed by atoms with Crippen LogP contribution in [0.25, 0.3) is 0 Å². The van der Waals surface area contributed by atoms with E-state index in [0.29, 0.717) is 13.2 Å². The van der Waals surface area contributed by atoms with E-state index in [1.807, 2.05) is 12.3 Å². The highest BCUT2D eigenvalue weighted by molar-refractivity contribution is 5.41. The van der Waals surface area contributed by atoms with Gasteiger partial charge in [0.25, 0.3) is 0 Å². The van der Waals surface area contributed by atoms with Gasteiger partial charge in [0.2, 0.25) is 0 Å². The Bertz CT molecular complexity index is 339. The maximum Gasteiger partial charge on any atom is 0.128 e. The lowest BCUT2D eigenvalue weighted by atomic mass is 10.2. The van der Waals surface area contributed by atoms with Gasteiger partial charge < -0.3 is 19.7 Å². The Kier molecular flexibility index (Phi) is 8.13. The summed E-state index contributed by atoms with van der Waals surface area (Å²) in [6.45, 7) is 6.94. The monoisotopic (exact) mass is 267 g/mol.